The van der Waals surface area contributed by atoms with Crippen LogP contribution < -0.4 is 5.32 Å². The van der Waals surface area contributed by atoms with E-state index in [-0.39, 0.29) is 19.1 Å². The third-order valence-electron chi connectivity index (χ3n) is 4.14. The van der Waals surface area contributed by atoms with Gasteiger partial charge in [0, 0.05) is 18.7 Å². The molecule has 2 amide bonds. The molecule has 1 aromatic rings. The van der Waals surface area contributed by atoms with Crippen molar-refractivity contribution in [1.82, 2.24) is 4.90 Å². The number of ether oxygens (including phenoxy) is 1. The van der Waals surface area contributed by atoms with E-state index in [1.807, 2.05) is 24.3 Å². The molecule has 2 heterocycles. The van der Waals surface area contributed by atoms with Crippen molar-refractivity contribution in [2.45, 2.75) is 24.8 Å². The second-order valence-corrected chi connectivity index (χ2v) is 5.26. The van der Waals surface area contributed by atoms with Gasteiger partial charge in [-0.15, -0.1) is 0 Å². The van der Waals surface area contributed by atoms with Crippen molar-refractivity contribution in [3.8, 4) is 6.07 Å². The normalized spacial score (nSPS) is 26.4. The first-order valence-electron chi connectivity index (χ1n) is 6.86. The molecule has 1 saturated heterocycles. The van der Waals surface area contributed by atoms with Crippen LogP contribution in [0.25, 0.3) is 0 Å². The lowest BCUT2D eigenvalue weighted by Crippen LogP contribution is -2.40. The highest BCUT2D eigenvalue weighted by Gasteiger charge is 2.56. The highest BCUT2D eigenvalue weighted by Crippen LogP contribution is 2.46. The van der Waals surface area contributed by atoms with Crippen molar-refractivity contribution in [3.05, 3.63) is 29.8 Å². The van der Waals surface area contributed by atoms with Gasteiger partial charge in [0.25, 0.3) is 0 Å². The molecule has 0 unspecified atom stereocenters. The lowest BCUT2D eigenvalue weighted by molar-refractivity contribution is -0.120. The average molecular weight is 285 g/mol. The zero-order chi connectivity index (χ0) is 15.0. The summed E-state index contributed by atoms with van der Waals surface area (Å²) in [5.41, 5.74) is 0.760. The van der Waals surface area contributed by atoms with Crippen LogP contribution >= 0.6 is 0 Å². The van der Waals surface area contributed by atoms with E-state index in [1.165, 1.54) is 4.90 Å². The number of hydrogen-bond acceptors (Lipinski definition) is 4. The van der Waals surface area contributed by atoms with Gasteiger partial charge in [-0.1, -0.05) is 18.2 Å². The van der Waals surface area contributed by atoms with Crippen molar-refractivity contribution < 1.29 is 14.3 Å². The van der Waals surface area contributed by atoms with E-state index in [2.05, 4.69) is 11.4 Å². The number of carbonyl (C=O) groups excluding carboxylic acids is 2. The second-order valence-electron chi connectivity index (χ2n) is 5.26. The number of para-hydroxylation sites is 1. The maximum atomic E-state index is 12.4. The molecule has 0 radical (unpaired) electrons. The molecule has 108 valence electrons. The first-order valence-corrected chi connectivity index (χ1v) is 6.86. The fraction of sp³-hybridized carbons (Fsp3) is 0.400. The van der Waals surface area contributed by atoms with Gasteiger partial charge in [-0.3, -0.25) is 9.69 Å². The zero-order valence-corrected chi connectivity index (χ0v) is 11.6. The first-order chi connectivity index (χ1) is 10.1. The van der Waals surface area contributed by atoms with Gasteiger partial charge in [-0.25, -0.2) is 4.79 Å². The number of rotatable bonds is 1. The number of fused-ring (bicyclic) bond motifs is 2. The lowest BCUT2D eigenvalue weighted by atomic mass is 9.80. The van der Waals surface area contributed by atoms with Crippen LogP contribution in [0.1, 0.15) is 18.9 Å². The van der Waals surface area contributed by atoms with Crippen molar-refractivity contribution in [1.29, 1.82) is 5.26 Å². The van der Waals surface area contributed by atoms with Crippen LogP contribution in [0.2, 0.25) is 0 Å². The Morgan fingerprint density at radius 2 is 2.33 bits per heavy atom. The lowest BCUT2D eigenvalue weighted by Gasteiger charge is -2.22. The summed E-state index contributed by atoms with van der Waals surface area (Å²) in [6.45, 7) is 2.12. The first kappa shape index (κ1) is 13.4. The standard InChI is InChI=1S/C15H15N3O3/c1-2-21-14(20)18-9-15(7-10(18)8-16)11-5-3-4-6-12(11)17-13(15)19/h3-6,10H,2,7,9H2,1H3,(H,17,19)/t10-,15-/m0/s1. The molecule has 0 aromatic heterocycles. The van der Waals surface area contributed by atoms with Crippen molar-refractivity contribution in [3.63, 3.8) is 0 Å². The molecule has 2 aliphatic rings. The number of hydrogen-bond donors (Lipinski definition) is 1. The molecular formula is C15H15N3O3. The van der Waals surface area contributed by atoms with Gasteiger partial charge in [-0.2, -0.15) is 5.26 Å². The maximum absolute atomic E-state index is 12.4. The van der Waals surface area contributed by atoms with Crippen LogP contribution in [0.3, 0.4) is 0 Å². The van der Waals surface area contributed by atoms with E-state index in [0.29, 0.717) is 6.42 Å². The predicted molar refractivity (Wildman–Crippen MR) is 74.5 cm³/mol. The van der Waals surface area contributed by atoms with Gasteiger partial charge in [0.05, 0.1) is 18.1 Å². The number of benzene rings is 1. The Bertz CT molecular complexity index is 652. The van der Waals surface area contributed by atoms with E-state index >= 15 is 0 Å². The Kier molecular flexibility index (Phi) is 3.05. The third-order valence-corrected chi connectivity index (χ3v) is 4.14. The van der Waals surface area contributed by atoms with Gasteiger partial charge >= 0.3 is 6.09 Å². The average Bonchev–Trinajstić information content (AvgIpc) is 3.00. The summed E-state index contributed by atoms with van der Waals surface area (Å²) in [5.74, 6) is -0.157. The van der Waals surface area contributed by atoms with E-state index in [9.17, 15) is 14.9 Å². The molecular weight excluding hydrogens is 270 g/mol. The third kappa shape index (κ3) is 1.85. The van der Waals surface area contributed by atoms with Crippen molar-refractivity contribution in [2.24, 2.45) is 0 Å². The number of nitriles is 1. The predicted octanol–water partition coefficient (Wildman–Crippen LogP) is 1.63. The number of amides is 2. The molecule has 0 aliphatic carbocycles. The quantitative estimate of drug-likeness (QED) is 0.850. The van der Waals surface area contributed by atoms with E-state index < -0.39 is 17.6 Å². The summed E-state index contributed by atoms with van der Waals surface area (Å²) in [6, 6.07) is 8.85. The highest BCUT2D eigenvalue weighted by molar-refractivity contribution is 6.07. The van der Waals surface area contributed by atoms with Crippen LogP contribution in [0, 0.1) is 11.3 Å². The number of anilines is 1. The number of nitrogens with one attached hydrogen (secondary N) is 1. The molecule has 21 heavy (non-hydrogen) atoms. The van der Waals surface area contributed by atoms with Crippen LogP contribution in [0.4, 0.5) is 10.5 Å². The van der Waals surface area contributed by atoms with Gasteiger partial charge in [0.1, 0.15) is 6.04 Å². The summed E-state index contributed by atoms with van der Waals surface area (Å²) >= 11 is 0. The largest absolute Gasteiger partial charge is 0.450 e. The Morgan fingerprint density at radius 1 is 1.57 bits per heavy atom. The van der Waals surface area contributed by atoms with Crippen LogP contribution in [0.5, 0.6) is 0 Å². The molecule has 2 atom stereocenters. The zero-order valence-electron chi connectivity index (χ0n) is 11.6. The van der Waals surface area contributed by atoms with Gasteiger partial charge in [0.2, 0.25) is 5.91 Å². The molecule has 1 spiro atoms. The fourth-order valence-electron chi connectivity index (χ4n) is 3.15. The van der Waals surface area contributed by atoms with Gasteiger partial charge in [-0.05, 0) is 18.6 Å². The summed E-state index contributed by atoms with van der Waals surface area (Å²) < 4.78 is 4.99. The molecule has 1 fully saturated rings. The summed E-state index contributed by atoms with van der Waals surface area (Å²) in [7, 11) is 0. The van der Waals surface area contributed by atoms with Crippen molar-refractivity contribution in [2.75, 3.05) is 18.5 Å². The summed E-state index contributed by atoms with van der Waals surface area (Å²) in [6.07, 6.45) is -0.247. The molecule has 6 heteroatoms. The summed E-state index contributed by atoms with van der Waals surface area (Å²) in [4.78, 5) is 25.8. The minimum atomic E-state index is -0.844. The monoisotopic (exact) mass is 285 g/mol. The molecule has 3 rings (SSSR count). The van der Waals surface area contributed by atoms with E-state index in [1.54, 1.807) is 6.92 Å². The molecule has 0 saturated carbocycles. The minimum absolute atomic E-state index is 0.157. The molecule has 2 aliphatic heterocycles. The molecule has 1 aromatic carbocycles. The number of likely N-dealkylation sites (tertiary alicyclic amines) is 1. The molecule has 0 bridgehead atoms. The molecule has 1 N–H and O–H groups in total. The van der Waals surface area contributed by atoms with Crippen LogP contribution in [0.15, 0.2) is 24.3 Å². The SMILES string of the molecule is CCOC(=O)N1C[C@]2(C[C@H]1C#N)C(=O)Nc1ccccc12. The minimum Gasteiger partial charge on any atom is -0.450 e. The Hall–Kier alpha value is -2.55. The Balaban J connectivity index is 1.99. The second kappa shape index (κ2) is 4.77. The van der Waals surface area contributed by atoms with Crippen LogP contribution in [-0.4, -0.2) is 36.1 Å². The number of nitrogens with zero attached hydrogens (tertiary/aromatic N) is 2. The molecule has 6 nitrogen and oxygen atoms in total. The maximum Gasteiger partial charge on any atom is 0.410 e. The Morgan fingerprint density at radius 3 is 3.05 bits per heavy atom. The van der Waals surface area contributed by atoms with Gasteiger partial charge in [0.15, 0.2) is 0 Å². The summed E-state index contributed by atoms with van der Waals surface area (Å²) in [5, 5.41) is 12.1. The van der Waals surface area contributed by atoms with Gasteiger partial charge < -0.3 is 10.1 Å². The smallest absolute Gasteiger partial charge is 0.410 e. The van der Waals surface area contributed by atoms with E-state index in [4.69, 9.17) is 4.74 Å². The topological polar surface area (TPSA) is 82.4 Å². The van der Waals surface area contributed by atoms with Crippen LogP contribution in [-0.2, 0) is 14.9 Å². The Labute approximate surface area is 122 Å². The fourth-order valence-corrected chi connectivity index (χ4v) is 3.15. The highest BCUT2D eigenvalue weighted by atomic mass is 16.6. The van der Waals surface area contributed by atoms with Crippen molar-refractivity contribution >= 4 is 17.7 Å². The number of carbonyl (C=O) groups is 2. The van der Waals surface area contributed by atoms with E-state index in [0.717, 1.165) is 11.3 Å².